The van der Waals surface area contributed by atoms with Crippen LogP contribution in [0.4, 0.5) is 0 Å². The minimum atomic E-state index is -0.841. The molecule has 2 heterocycles. The van der Waals surface area contributed by atoms with Crippen LogP contribution in [0.2, 0.25) is 0 Å². The SMILES string of the molecule is CC(O)C(N)c1nc(C(=O)NC2CCCCNC2=O)co1. The standard InChI is InChI=1S/C13H20N4O4/c1-7(18)10(14)13-17-9(6-21-13)12(20)16-8-4-2-3-5-15-11(8)19/h6-8,10,18H,2-5,14H2,1H3,(H,15,19)(H,16,20). The van der Waals surface area contributed by atoms with E-state index in [1.165, 1.54) is 13.2 Å². The number of hydrogen-bond donors (Lipinski definition) is 4. The minimum Gasteiger partial charge on any atom is -0.446 e. The van der Waals surface area contributed by atoms with Crippen molar-refractivity contribution < 1.29 is 19.1 Å². The van der Waals surface area contributed by atoms with Crippen molar-refractivity contribution in [2.45, 2.75) is 44.4 Å². The molecule has 116 valence electrons. The van der Waals surface area contributed by atoms with Crippen molar-refractivity contribution in [2.75, 3.05) is 6.54 Å². The Bertz CT molecular complexity index is 514. The fourth-order valence-electron chi connectivity index (χ4n) is 2.06. The first kappa shape index (κ1) is 15.5. The van der Waals surface area contributed by atoms with Gasteiger partial charge in [-0.15, -0.1) is 0 Å². The molecule has 1 fully saturated rings. The van der Waals surface area contributed by atoms with Crippen LogP contribution in [0.15, 0.2) is 10.7 Å². The molecule has 2 rings (SSSR count). The first-order valence-electron chi connectivity index (χ1n) is 6.96. The molecule has 1 aliphatic heterocycles. The van der Waals surface area contributed by atoms with Crippen molar-refractivity contribution in [3.8, 4) is 0 Å². The van der Waals surface area contributed by atoms with Gasteiger partial charge in [0.15, 0.2) is 5.69 Å². The normalized spacial score (nSPS) is 22.0. The lowest BCUT2D eigenvalue weighted by Crippen LogP contribution is -2.45. The van der Waals surface area contributed by atoms with E-state index in [4.69, 9.17) is 10.2 Å². The van der Waals surface area contributed by atoms with Crippen molar-refractivity contribution in [1.82, 2.24) is 15.6 Å². The predicted molar refractivity (Wildman–Crippen MR) is 73.2 cm³/mol. The summed E-state index contributed by atoms with van der Waals surface area (Å²) in [5, 5.41) is 14.7. The molecule has 3 atom stereocenters. The van der Waals surface area contributed by atoms with Crippen molar-refractivity contribution in [1.29, 1.82) is 0 Å². The Morgan fingerprint density at radius 1 is 1.62 bits per heavy atom. The van der Waals surface area contributed by atoms with Gasteiger partial charge >= 0.3 is 0 Å². The Hall–Kier alpha value is -1.93. The highest BCUT2D eigenvalue weighted by atomic mass is 16.3. The summed E-state index contributed by atoms with van der Waals surface area (Å²) in [5.41, 5.74) is 5.72. The summed E-state index contributed by atoms with van der Waals surface area (Å²) in [5.74, 6) is -0.601. The number of nitrogens with zero attached hydrogens (tertiary/aromatic N) is 1. The third-order valence-corrected chi connectivity index (χ3v) is 3.40. The number of nitrogens with one attached hydrogen (secondary N) is 2. The van der Waals surface area contributed by atoms with Crippen LogP contribution in [0.5, 0.6) is 0 Å². The van der Waals surface area contributed by atoms with Crippen LogP contribution in [0.1, 0.15) is 48.6 Å². The van der Waals surface area contributed by atoms with Crippen molar-refractivity contribution in [2.24, 2.45) is 5.73 Å². The number of amides is 2. The summed E-state index contributed by atoms with van der Waals surface area (Å²) in [6.45, 7) is 2.13. The number of aliphatic hydroxyl groups is 1. The van der Waals surface area contributed by atoms with Gasteiger partial charge in [-0.2, -0.15) is 0 Å². The van der Waals surface area contributed by atoms with Gasteiger partial charge in [0.05, 0.1) is 6.10 Å². The third kappa shape index (κ3) is 3.79. The molecule has 1 saturated heterocycles. The largest absolute Gasteiger partial charge is 0.446 e. The van der Waals surface area contributed by atoms with Gasteiger partial charge in [0.2, 0.25) is 11.8 Å². The molecule has 3 unspecified atom stereocenters. The number of hydrogen-bond acceptors (Lipinski definition) is 6. The van der Waals surface area contributed by atoms with Crippen LogP contribution < -0.4 is 16.4 Å². The van der Waals surface area contributed by atoms with E-state index in [2.05, 4.69) is 15.6 Å². The fourth-order valence-corrected chi connectivity index (χ4v) is 2.06. The highest BCUT2D eigenvalue weighted by molar-refractivity contribution is 5.95. The molecule has 1 aromatic rings. The van der Waals surface area contributed by atoms with E-state index < -0.39 is 24.1 Å². The highest BCUT2D eigenvalue weighted by Crippen LogP contribution is 2.14. The van der Waals surface area contributed by atoms with Gasteiger partial charge in [0, 0.05) is 6.54 Å². The van der Waals surface area contributed by atoms with E-state index in [1.807, 2.05) is 0 Å². The Morgan fingerprint density at radius 2 is 2.38 bits per heavy atom. The number of aliphatic hydroxyl groups excluding tert-OH is 1. The zero-order chi connectivity index (χ0) is 15.4. The number of rotatable bonds is 4. The fraction of sp³-hybridized carbons (Fsp3) is 0.615. The minimum absolute atomic E-state index is 0.0400. The molecule has 0 radical (unpaired) electrons. The second-order valence-corrected chi connectivity index (χ2v) is 5.15. The zero-order valence-corrected chi connectivity index (χ0v) is 11.8. The van der Waals surface area contributed by atoms with E-state index in [1.54, 1.807) is 0 Å². The van der Waals surface area contributed by atoms with E-state index in [9.17, 15) is 14.7 Å². The Kier molecular flexibility index (Phi) is 4.92. The Labute approximate surface area is 122 Å². The number of carbonyl (C=O) groups is 2. The van der Waals surface area contributed by atoms with Gasteiger partial charge in [0.25, 0.3) is 5.91 Å². The number of aromatic nitrogens is 1. The maximum Gasteiger partial charge on any atom is 0.273 e. The quantitative estimate of drug-likeness (QED) is 0.590. The Morgan fingerprint density at radius 3 is 3.10 bits per heavy atom. The van der Waals surface area contributed by atoms with Gasteiger partial charge in [-0.25, -0.2) is 4.98 Å². The molecule has 21 heavy (non-hydrogen) atoms. The summed E-state index contributed by atoms with van der Waals surface area (Å²) in [7, 11) is 0. The van der Waals surface area contributed by atoms with Crippen molar-refractivity contribution in [3.05, 3.63) is 17.8 Å². The lowest BCUT2D eigenvalue weighted by molar-refractivity contribution is -0.122. The summed E-state index contributed by atoms with van der Waals surface area (Å²) in [6, 6.07) is -1.36. The molecule has 1 aliphatic rings. The maximum absolute atomic E-state index is 12.1. The molecule has 8 nitrogen and oxygen atoms in total. The van der Waals surface area contributed by atoms with Crippen LogP contribution in [0.3, 0.4) is 0 Å². The second-order valence-electron chi connectivity index (χ2n) is 5.15. The van der Waals surface area contributed by atoms with Crippen LogP contribution in [0, 0.1) is 0 Å². The maximum atomic E-state index is 12.1. The lowest BCUT2D eigenvalue weighted by atomic mass is 10.1. The third-order valence-electron chi connectivity index (χ3n) is 3.40. The van der Waals surface area contributed by atoms with E-state index in [0.29, 0.717) is 13.0 Å². The summed E-state index contributed by atoms with van der Waals surface area (Å²) >= 11 is 0. The molecule has 0 saturated carbocycles. The van der Waals surface area contributed by atoms with E-state index >= 15 is 0 Å². The van der Waals surface area contributed by atoms with E-state index in [-0.39, 0.29) is 17.5 Å². The molecule has 0 aromatic carbocycles. The van der Waals surface area contributed by atoms with Crippen LogP contribution >= 0.6 is 0 Å². The van der Waals surface area contributed by atoms with Gasteiger partial charge in [0.1, 0.15) is 18.3 Å². The van der Waals surface area contributed by atoms with Gasteiger partial charge in [-0.05, 0) is 26.2 Å². The van der Waals surface area contributed by atoms with Gasteiger partial charge in [-0.1, -0.05) is 0 Å². The van der Waals surface area contributed by atoms with Gasteiger partial charge in [-0.3, -0.25) is 9.59 Å². The molecule has 0 spiro atoms. The summed E-state index contributed by atoms with van der Waals surface area (Å²) in [6.07, 6.45) is 2.68. The monoisotopic (exact) mass is 296 g/mol. The number of oxazole rings is 1. The molecular weight excluding hydrogens is 276 g/mol. The highest BCUT2D eigenvalue weighted by Gasteiger charge is 2.25. The average molecular weight is 296 g/mol. The first-order chi connectivity index (χ1) is 9.99. The van der Waals surface area contributed by atoms with Crippen LogP contribution in [0.25, 0.3) is 0 Å². The molecule has 0 aliphatic carbocycles. The number of nitrogens with two attached hydrogens (primary N) is 1. The molecule has 5 N–H and O–H groups in total. The Balaban J connectivity index is 2.01. The summed E-state index contributed by atoms with van der Waals surface area (Å²) in [4.78, 5) is 27.8. The van der Waals surface area contributed by atoms with Crippen molar-refractivity contribution in [3.63, 3.8) is 0 Å². The van der Waals surface area contributed by atoms with Crippen LogP contribution in [-0.4, -0.2) is 40.6 Å². The van der Waals surface area contributed by atoms with Gasteiger partial charge < -0.3 is 25.9 Å². The molecule has 1 aromatic heterocycles. The zero-order valence-electron chi connectivity index (χ0n) is 11.8. The second kappa shape index (κ2) is 6.68. The van der Waals surface area contributed by atoms with E-state index in [0.717, 1.165) is 12.8 Å². The van der Waals surface area contributed by atoms with Crippen molar-refractivity contribution >= 4 is 11.8 Å². The molecule has 8 heteroatoms. The molecule has 0 bridgehead atoms. The predicted octanol–water partition coefficient (Wildman–Crippen LogP) is -0.546. The lowest BCUT2D eigenvalue weighted by Gasteiger charge is -2.14. The topological polar surface area (TPSA) is 130 Å². The number of carbonyl (C=O) groups excluding carboxylic acids is 2. The molecule has 2 amide bonds. The smallest absolute Gasteiger partial charge is 0.273 e. The summed E-state index contributed by atoms with van der Waals surface area (Å²) < 4.78 is 5.09. The first-order valence-corrected chi connectivity index (χ1v) is 6.96. The molecular formula is C13H20N4O4. The van der Waals surface area contributed by atoms with Crippen LogP contribution in [-0.2, 0) is 4.79 Å². The average Bonchev–Trinajstić information content (AvgIpc) is 2.85.